The highest BCUT2D eigenvalue weighted by atomic mass is 19.4. The van der Waals surface area contributed by atoms with Crippen LogP contribution in [0, 0.1) is 11.3 Å². The molecule has 0 aliphatic carbocycles. The standard InChI is InChI=1S/C27H34BF5N4O5/c1-25(2,36-12-10-26(29,30)17-36)14-19(15-34)23(38)37-11-4-3-5-21(37)16-42-24(39)35-22(28(40)41)13-18-6-8-20(9-7-18)27(31,32)33/h6-9,14,21-22,40-41H,3-5,10-13,16-17H2,1-2H3,(H,35,39)/t21-,22+/m1/s1. The summed E-state index contributed by atoms with van der Waals surface area (Å²) >= 11 is 0. The number of carbonyl (C=O) groups excluding carboxylic acids is 2. The van der Waals surface area contributed by atoms with Gasteiger partial charge in [-0.25, -0.2) is 13.6 Å². The summed E-state index contributed by atoms with van der Waals surface area (Å²) in [5.74, 6) is -4.76. The van der Waals surface area contributed by atoms with Gasteiger partial charge in [-0.15, -0.1) is 0 Å². The number of rotatable bonds is 9. The van der Waals surface area contributed by atoms with Crippen LogP contribution in [0.1, 0.15) is 50.7 Å². The fourth-order valence-electron chi connectivity index (χ4n) is 5.09. The molecule has 2 aliphatic heterocycles. The molecule has 230 valence electrons. The molecule has 3 N–H and O–H groups in total. The van der Waals surface area contributed by atoms with Gasteiger partial charge >= 0.3 is 19.4 Å². The molecule has 2 heterocycles. The van der Waals surface area contributed by atoms with Gasteiger partial charge in [0, 0.05) is 25.0 Å². The summed E-state index contributed by atoms with van der Waals surface area (Å²) in [5, 5.41) is 31.4. The summed E-state index contributed by atoms with van der Waals surface area (Å²) in [6.07, 6.45) is -2.89. The van der Waals surface area contributed by atoms with Crippen LogP contribution in [0.5, 0.6) is 0 Å². The Morgan fingerprint density at radius 1 is 1.21 bits per heavy atom. The van der Waals surface area contributed by atoms with E-state index in [-0.39, 0.29) is 38.1 Å². The average Bonchev–Trinajstić information content (AvgIpc) is 3.30. The lowest BCUT2D eigenvalue weighted by atomic mass is 9.76. The number of halogens is 5. The molecule has 42 heavy (non-hydrogen) atoms. The third-order valence-corrected chi connectivity index (χ3v) is 7.53. The van der Waals surface area contributed by atoms with Crippen LogP contribution in [-0.4, -0.2) is 88.7 Å². The predicted molar refractivity (Wildman–Crippen MR) is 142 cm³/mol. The number of likely N-dealkylation sites (tertiary alicyclic amines) is 2. The maximum absolute atomic E-state index is 13.8. The molecule has 0 aromatic heterocycles. The first-order valence-electron chi connectivity index (χ1n) is 13.5. The van der Waals surface area contributed by atoms with E-state index in [1.54, 1.807) is 13.8 Å². The molecular weight excluding hydrogens is 566 g/mol. The normalized spacial score (nSPS) is 20.5. The van der Waals surface area contributed by atoms with Crippen LogP contribution >= 0.6 is 0 Å². The molecule has 9 nitrogen and oxygen atoms in total. The third-order valence-electron chi connectivity index (χ3n) is 7.53. The molecular formula is C27H34BF5N4O5. The first kappa shape index (κ1) is 33.3. The van der Waals surface area contributed by atoms with Crippen LogP contribution in [0.3, 0.4) is 0 Å². The molecule has 1 aromatic rings. The summed E-state index contributed by atoms with van der Waals surface area (Å²) in [6, 6.07) is 5.28. The van der Waals surface area contributed by atoms with Crippen LogP contribution in [-0.2, 0) is 22.1 Å². The molecule has 15 heteroatoms. The molecule has 0 radical (unpaired) electrons. The number of hydrogen-bond donors (Lipinski definition) is 3. The summed E-state index contributed by atoms with van der Waals surface area (Å²) in [7, 11) is -2.05. The summed E-state index contributed by atoms with van der Waals surface area (Å²) in [4.78, 5) is 28.7. The van der Waals surface area contributed by atoms with Crippen LogP contribution in [0.4, 0.5) is 26.7 Å². The van der Waals surface area contributed by atoms with Crippen LogP contribution in [0.25, 0.3) is 0 Å². The second kappa shape index (κ2) is 13.4. The van der Waals surface area contributed by atoms with Gasteiger partial charge in [0.1, 0.15) is 18.2 Å². The van der Waals surface area contributed by atoms with Gasteiger partial charge in [0.15, 0.2) is 0 Å². The second-order valence-corrected chi connectivity index (χ2v) is 11.2. The Kier molecular flexibility index (Phi) is 10.6. The molecule has 0 saturated carbocycles. The number of alkyl halides is 5. The molecule has 0 unspecified atom stereocenters. The number of ether oxygens (including phenoxy) is 1. The van der Waals surface area contributed by atoms with Crippen molar-refractivity contribution in [1.29, 1.82) is 5.26 Å². The Morgan fingerprint density at radius 2 is 1.88 bits per heavy atom. The van der Waals surface area contributed by atoms with Gasteiger partial charge in [-0.2, -0.15) is 18.4 Å². The summed E-state index contributed by atoms with van der Waals surface area (Å²) < 4.78 is 71.2. The number of hydrogen-bond acceptors (Lipinski definition) is 7. The lowest BCUT2D eigenvalue weighted by Gasteiger charge is -2.36. The van der Waals surface area contributed by atoms with Gasteiger partial charge in [-0.3, -0.25) is 9.69 Å². The van der Waals surface area contributed by atoms with Gasteiger partial charge < -0.3 is 25.0 Å². The topological polar surface area (TPSA) is 126 Å². The SMILES string of the molecule is CC(C)(C=C(C#N)C(=O)N1CCCC[C@@H]1COC(=O)N[C@@H](Cc1ccc(C(F)(F)F)cc1)B(O)O)N1CCC(F)(F)C1. The van der Waals surface area contributed by atoms with E-state index >= 15 is 0 Å². The minimum Gasteiger partial charge on any atom is -0.447 e. The Bertz CT molecular complexity index is 1190. The fourth-order valence-corrected chi connectivity index (χ4v) is 5.09. The van der Waals surface area contributed by atoms with Crippen molar-refractivity contribution < 1.29 is 46.3 Å². The van der Waals surface area contributed by atoms with E-state index in [4.69, 9.17) is 4.74 Å². The molecule has 3 rings (SSSR count). The Morgan fingerprint density at radius 3 is 2.43 bits per heavy atom. The number of benzene rings is 1. The molecule has 2 saturated heterocycles. The molecule has 2 amide bonds. The van der Waals surface area contributed by atoms with Crippen molar-refractivity contribution in [2.24, 2.45) is 0 Å². The maximum Gasteiger partial charge on any atom is 0.475 e. The van der Waals surface area contributed by atoms with E-state index < -0.39 is 60.8 Å². The van der Waals surface area contributed by atoms with E-state index in [1.165, 1.54) is 15.9 Å². The van der Waals surface area contributed by atoms with Crippen molar-refractivity contribution >= 4 is 19.1 Å². The number of nitriles is 1. The molecule has 0 spiro atoms. The Hall–Kier alpha value is -3.22. The van der Waals surface area contributed by atoms with Gasteiger partial charge in [0.05, 0.1) is 24.1 Å². The third kappa shape index (κ3) is 8.89. The molecule has 2 fully saturated rings. The van der Waals surface area contributed by atoms with Crippen LogP contribution < -0.4 is 5.32 Å². The molecule has 0 bridgehead atoms. The van der Waals surface area contributed by atoms with Gasteiger partial charge in [0.2, 0.25) is 0 Å². The lowest BCUT2D eigenvalue weighted by Crippen LogP contribution is -2.50. The zero-order valence-electron chi connectivity index (χ0n) is 23.3. The van der Waals surface area contributed by atoms with E-state index in [9.17, 15) is 46.9 Å². The minimum absolute atomic E-state index is 0.112. The monoisotopic (exact) mass is 600 g/mol. The number of nitrogens with one attached hydrogen (secondary N) is 1. The Balaban J connectivity index is 1.62. The van der Waals surface area contributed by atoms with Crippen LogP contribution in [0.15, 0.2) is 35.9 Å². The lowest BCUT2D eigenvalue weighted by molar-refractivity contribution is -0.137. The molecule has 2 aliphatic rings. The zero-order chi connectivity index (χ0) is 31.3. The van der Waals surface area contributed by atoms with Crippen LogP contribution in [0.2, 0.25) is 0 Å². The fraction of sp³-hybridized carbons (Fsp3) is 0.593. The van der Waals surface area contributed by atoms with Gasteiger partial charge in [-0.1, -0.05) is 12.1 Å². The van der Waals surface area contributed by atoms with Crippen molar-refractivity contribution in [3.63, 3.8) is 0 Å². The number of nitrogens with zero attached hydrogens (tertiary/aromatic N) is 3. The first-order valence-corrected chi connectivity index (χ1v) is 13.5. The highest BCUT2D eigenvalue weighted by Crippen LogP contribution is 2.33. The van der Waals surface area contributed by atoms with Gasteiger partial charge in [0.25, 0.3) is 11.8 Å². The number of alkyl carbamates (subject to hydrolysis) is 1. The second-order valence-electron chi connectivity index (χ2n) is 11.2. The van der Waals surface area contributed by atoms with E-state index in [2.05, 4.69) is 5.32 Å². The zero-order valence-corrected chi connectivity index (χ0v) is 23.3. The van der Waals surface area contributed by atoms with Crippen molar-refractivity contribution in [3.8, 4) is 6.07 Å². The maximum atomic E-state index is 13.8. The van der Waals surface area contributed by atoms with Crippen molar-refractivity contribution in [3.05, 3.63) is 47.0 Å². The van der Waals surface area contributed by atoms with E-state index in [0.717, 1.165) is 24.3 Å². The number of carbonyl (C=O) groups is 2. The highest BCUT2D eigenvalue weighted by molar-refractivity contribution is 6.43. The van der Waals surface area contributed by atoms with Crippen molar-refractivity contribution in [2.45, 2.75) is 75.6 Å². The van der Waals surface area contributed by atoms with E-state index in [1.807, 2.05) is 6.07 Å². The van der Waals surface area contributed by atoms with Gasteiger partial charge in [-0.05, 0) is 63.3 Å². The van der Waals surface area contributed by atoms with Crippen molar-refractivity contribution in [1.82, 2.24) is 15.1 Å². The number of piperidine rings is 1. The summed E-state index contributed by atoms with van der Waals surface area (Å²) in [5.41, 5.74) is -1.77. The first-order chi connectivity index (χ1) is 19.5. The van der Waals surface area contributed by atoms with E-state index in [0.29, 0.717) is 24.8 Å². The smallest absolute Gasteiger partial charge is 0.447 e. The average molecular weight is 600 g/mol. The minimum atomic E-state index is -4.53. The Labute approximate surface area is 241 Å². The quantitative estimate of drug-likeness (QED) is 0.172. The molecule has 2 atom stereocenters. The highest BCUT2D eigenvalue weighted by Gasteiger charge is 2.43. The predicted octanol–water partition coefficient (Wildman–Crippen LogP) is 3.31. The summed E-state index contributed by atoms with van der Waals surface area (Å²) in [6.45, 7) is 2.93. The number of amides is 2. The largest absolute Gasteiger partial charge is 0.475 e. The molecule has 1 aromatic carbocycles. The van der Waals surface area contributed by atoms with Crippen molar-refractivity contribution in [2.75, 3.05) is 26.2 Å².